The van der Waals surface area contributed by atoms with Gasteiger partial charge in [0.05, 0.1) is 21.1 Å². The monoisotopic (exact) mass is 226 g/mol. The third kappa shape index (κ3) is 6.51. The maximum absolute atomic E-state index is 11.1. The van der Waals surface area contributed by atoms with E-state index in [1.165, 1.54) is 0 Å². The van der Waals surface area contributed by atoms with Gasteiger partial charge in [0.2, 0.25) is 5.85 Å². The molecule has 0 radical (unpaired) electrons. The van der Waals surface area contributed by atoms with Crippen LogP contribution < -0.4 is 0 Å². The highest BCUT2D eigenvalue weighted by Crippen LogP contribution is 2.42. The van der Waals surface area contributed by atoms with E-state index >= 15 is 0 Å². The van der Waals surface area contributed by atoms with Crippen molar-refractivity contribution in [3.63, 3.8) is 0 Å². The van der Waals surface area contributed by atoms with E-state index in [4.69, 9.17) is 14.5 Å². The molecule has 0 spiro atoms. The van der Waals surface area contributed by atoms with Crippen LogP contribution >= 0.6 is 7.60 Å². The maximum atomic E-state index is 11.1. The molecule has 0 fully saturated rings. The van der Waals surface area contributed by atoms with Gasteiger partial charge in [0.15, 0.2) is 0 Å². The first-order valence-corrected chi connectivity index (χ1v) is 6.32. The zero-order valence-electron chi connectivity index (χ0n) is 9.30. The van der Waals surface area contributed by atoms with E-state index in [9.17, 15) is 4.57 Å². The summed E-state index contributed by atoms with van der Waals surface area (Å²) < 4.78 is 16.7. The highest BCUT2D eigenvalue weighted by atomic mass is 31.2. The van der Waals surface area contributed by atoms with Gasteiger partial charge in [-0.25, -0.2) is 0 Å². The van der Waals surface area contributed by atoms with Crippen molar-refractivity contribution in [1.82, 2.24) is 0 Å². The number of rotatable bonds is 6. The molecule has 0 aromatic rings. The van der Waals surface area contributed by atoms with Crippen molar-refractivity contribution in [3.05, 3.63) is 0 Å². The Balaban J connectivity index is 4.34. The lowest BCUT2D eigenvalue weighted by Crippen LogP contribution is -2.42. The molecule has 0 saturated carbocycles. The first-order chi connectivity index (χ1) is 6.17. The van der Waals surface area contributed by atoms with Crippen molar-refractivity contribution < 1.29 is 23.6 Å². The van der Waals surface area contributed by atoms with E-state index in [2.05, 4.69) is 0 Å². The summed E-state index contributed by atoms with van der Waals surface area (Å²) in [4.78, 5) is 18.1. The molecule has 6 heteroatoms. The van der Waals surface area contributed by atoms with Gasteiger partial charge in [-0.3, -0.25) is 4.57 Å². The van der Waals surface area contributed by atoms with E-state index < -0.39 is 13.4 Å². The molecule has 0 aromatic carbocycles. The SMILES string of the molecule is CCCOC(C[N+](C)(C)C)P(=O)(O)O. The van der Waals surface area contributed by atoms with Crippen LogP contribution in [0.1, 0.15) is 13.3 Å². The van der Waals surface area contributed by atoms with E-state index in [-0.39, 0.29) is 0 Å². The fraction of sp³-hybridized carbons (Fsp3) is 1.00. The molecule has 86 valence electrons. The molecule has 0 amide bonds. The molecule has 0 aromatic heterocycles. The van der Waals surface area contributed by atoms with Gasteiger partial charge in [-0.05, 0) is 6.42 Å². The Morgan fingerprint density at radius 1 is 1.36 bits per heavy atom. The van der Waals surface area contributed by atoms with Gasteiger partial charge in [-0.15, -0.1) is 0 Å². The number of hydrogen-bond donors (Lipinski definition) is 2. The van der Waals surface area contributed by atoms with Crippen molar-refractivity contribution in [3.8, 4) is 0 Å². The summed E-state index contributed by atoms with van der Waals surface area (Å²) in [6.07, 6.45) is 0.758. The topological polar surface area (TPSA) is 66.8 Å². The average molecular weight is 226 g/mol. The minimum absolute atomic E-state index is 0.310. The van der Waals surface area contributed by atoms with Crippen LogP contribution in [0.15, 0.2) is 0 Å². The third-order valence-corrected chi connectivity index (χ3v) is 2.66. The lowest BCUT2D eigenvalue weighted by Gasteiger charge is -2.29. The molecule has 14 heavy (non-hydrogen) atoms. The summed E-state index contributed by atoms with van der Waals surface area (Å²) >= 11 is 0. The molecule has 0 heterocycles. The second-order valence-electron chi connectivity index (χ2n) is 4.39. The molecule has 0 aliphatic heterocycles. The fourth-order valence-electron chi connectivity index (χ4n) is 0.979. The van der Waals surface area contributed by atoms with E-state index in [1.54, 1.807) is 0 Å². The molecule has 5 nitrogen and oxygen atoms in total. The Kier molecular flexibility index (Phi) is 5.26. The van der Waals surface area contributed by atoms with Crippen LogP contribution in [-0.4, -0.2) is 54.4 Å². The molecule has 2 N–H and O–H groups in total. The van der Waals surface area contributed by atoms with Crippen LogP contribution in [0.5, 0.6) is 0 Å². The smallest absolute Gasteiger partial charge is 0.359 e. The van der Waals surface area contributed by atoms with Gasteiger partial charge in [-0.1, -0.05) is 6.92 Å². The second kappa shape index (κ2) is 5.24. The second-order valence-corrected chi connectivity index (χ2v) is 6.14. The Bertz CT molecular complexity index is 208. The van der Waals surface area contributed by atoms with Crippen molar-refractivity contribution in [2.24, 2.45) is 0 Å². The molecule has 0 saturated heterocycles. The van der Waals surface area contributed by atoms with Crippen LogP contribution in [0.3, 0.4) is 0 Å². The minimum Gasteiger partial charge on any atom is -0.360 e. The van der Waals surface area contributed by atoms with Gasteiger partial charge in [0.25, 0.3) is 0 Å². The van der Waals surface area contributed by atoms with Crippen LogP contribution in [-0.2, 0) is 9.30 Å². The first-order valence-electron chi connectivity index (χ1n) is 4.64. The van der Waals surface area contributed by atoms with Crippen LogP contribution in [0.4, 0.5) is 0 Å². The summed E-state index contributed by atoms with van der Waals surface area (Å²) in [5.74, 6) is -0.984. The van der Waals surface area contributed by atoms with Crippen molar-refractivity contribution in [2.75, 3.05) is 34.3 Å². The van der Waals surface area contributed by atoms with E-state index in [0.29, 0.717) is 17.6 Å². The molecular weight excluding hydrogens is 205 g/mol. The minimum atomic E-state index is -4.14. The van der Waals surface area contributed by atoms with Crippen molar-refractivity contribution in [1.29, 1.82) is 0 Å². The summed E-state index contributed by atoms with van der Waals surface area (Å²) in [6, 6.07) is 0. The quantitative estimate of drug-likeness (QED) is 0.514. The zero-order valence-corrected chi connectivity index (χ0v) is 10.2. The summed E-state index contributed by atoms with van der Waals surface area (Å²) in [5, 5.41) is 0. The molecule has 0 rings (SSSR count). The van der Waals surface area contributed by atoms with Crippen molar-refractivity contribution >= 4 is 7.60 Å². The van der Waals surface area contributed by atoms with Gasteiger partial charge >= 0.3 is 7.60 Å². The molecule has 0 aliphatic rings. The number of hydrogen-bond acceptors (Lipinski definition) is 2. The van der Waals surface area contributed by atoms with Crippen molar-refractivity contribution in [2.45, 2.75) is 19.2 Å². The normalized spacial score (nSPS) is 15.6. The van der Waals surface area contributed by atoms with E-state index in [0.717, 1.165) is 6.42 Å². The number of quaternary nitrogens is 1. The fourth-order valence-corrected chi connectivity index (χ4v) is 1.98. The Labute approximate surface area is 85.4 Å². The lowest BCUT2D eigenvalue weighted by molar-refractivity contribution is -0.872. The largest absolute Gasteiger partial charge is 0.360 e. The Morgan fingerprint density at radius 3 is 2.14 bits per heavy atom. The van der Waals surface area contributed by atoms with Crippen LogP contribution in [0.25, 0.3) is 0 Å². The summed E-state index contributed by atoms with van der Waals surface area (Å²) in [6.45, 7) is 2.60. The predicted molar refractivity (Wildman–Crippen MR) is 55.0 cm³/mol. The molecule has 0 bridgehead atoms. The maximum Gasteiger partial charge on any atom is 0.359 e. The van der Waals surface area contributed by atoms with Crippen LogP contribution in [0.2, 0.25) is 0 Å². The first kappa shape index (κ1) is 14.1. The number of nitrogens with zero attached hydrogens (tertiary/aromatic N) is 1. The van der Waals surface area contributed by atoms with Gasteiger partial charge in [-0.2, -0.15) is 0 Å². The lowest BCUT2D eigenvalue weighted by atomic mass is 10.5. The third-order valence-electron chi connectivity index (χ3n) is 1.59. The summed E-state index contributed by atoms with van der Waals surface area (Å²) in [7, 11) is 1.48. The predicted octanol–water partition coefficient (Wildman–Crippen LogP) is 0.623. The summed E-state index contributed by atoms with van der Waals surface area (Å²) in [5.41, 5.74) is 0. The standard InChI is InChI=1S/C8H20NO4P/c1-5-6-13-8(14(10,11)12)7-9(2,3)4/h8H,5-7H2,1-4H3,(H-,10,11,12)/p+1. The highest BCUT2D eigenvalue weighted by molar-refractivity contribution is 7.52. The molecule has 1 unspecified atom stereocenters. The average Bonchev–Trinajstić information content (AvgIpc) is 1.93. The molecular formula is C8H21NO4P+. The molecule has 0 aliphatic carbocycles. The van der Waals surface area contributed by atoms with Crippen LogP contribution in [0, 0.1) is 0 Å². The highest BCUT2D eigenvalue weighted by Gasteiger charge is 2.34. The zero-order chi connectivity index (χ0) is 11.4. The van der Waals surface area contributed by atoms with E-state index in [1.807, 2.05) is 28.1 Å². The number of ether oxygens (including phenoxy) is 1. The Morgan fingerprint density at radius 2 is 1.86 bits per heavy atom. The Hall–Kier alpha value is 0.0700. The van der Waals surface area contributed by atoms with Gasteiger partial charge < -0.3 is 19.0 Å². The van der Waals surface area contributed by atoms with Gasteiger partial charge in [0, 0.05) is 6.61 Å². The molecule has 1 atom stereocenters. The van der Waals surface area contributed by atoms with Gasteiger partial charge in [0.1, 0.15) is 6.54 Å². The number of likely N-dealkylation sites (N-methyl/N-ethyl adjacent to an activating group) is 1.